The molecule has 1 aromatic carbocycles. The van der Waals surface area contributed by atoms with Gasteiger partial charge in [-0.25, -0.2) is 4.98 Å². The van der Waals surface area contributed by atoms with Crippen molar-refractivity contribution in [1.82, 2.24) is 19.4 Å². The molecule has 2 aliphatic rings. The standard InChI is InChI=1S/C26H38N4O2/c1-20-27-12-16-30(20)19-22-17-21(7-8-24(22)32-4)18-29-14-9-23(10-15-29)26(2)11-5-6-13-28(3)25(26)31/h7-8,12,16-17,23H,5-6,9-11,13-15,18-19H2,1-4H3/t26-/m0/s1. The van der Waals surface area contributed by atoms with E-state index in [4.69, 9.17) is 4.74 Å². The molecule has 2 saturated heterocycles. The van der Waals surface area contributed by atoms with Gasteiger partial charge in [0, 0.05) is 43.5 Å². The number of rotatable bonds is 6. The van der Waals surface area contributed by atoms with Crippen molar-refractivity contribution in [2.45, 2.75) is 59.0 Å². The van der Waals surface area contributed by atoms with E-state index in [0.717, 1.165) is 76.4 Å². The summed E-state index contributed by atoms with van der Waals surface area (Å²) in [6.07, 6.45) is 9.40. The molecule has 1 amide bonds. The minimum atomic E-state index is -0.187. The monoisotopic (exact) mass is 438 g/mol. The van der Waals surface area contributed by atoms with Crippen molar-refractivity contribution in [3.05, 3.63) is 47.5 Å². The zero-order chi connectivity index (χ0) is 22.7. The van der Waals surface area contributed by atoms with Gasteiger partial charge in [0.25, 0.3) is 0 Å². The van der Waals surface area contributed by atoms with E-state index in [-0.39, 0.29) is 5.41 Å². The Bertz CT molecular complexity index is 932. The number of aryl methyl sites for hydroxylation is 1. The van der Waals surface area contributed by atoms with Gasteiger partial charge < -0.3 is 14.2 Å². The summed E-state index contributed by atoms with van der Waals surface area (Å²) in [6.45, 7) is 8.98. The van der Waals surface area contributed by atoms with Gasteiger partial charge in [0.1, 0.15) is 11.6 Å². The lowest BCUT2D eigenvalue weighted by atomic mass is 9.69. The SMILES string of the molecule is COc1ccc(CN2CCC([C@]3(C)CCCCN(C)C3=O)CC2)cc1Cn1ccnc1C. The van der Waals surface area contributed by atoms with Gasteiger partial charge in [-0.05, 0) is 69.3 Å². The van der Waals surface area contributed by atoms with Crippen molar-refractivity contribution in [1.29, 1.82) is 0 Å². The molecule has 4 rings (SSSR count). The first kappa shape index (κ1) is 22.8. The van der Waals surface area contributed by atoms with E-state index in [1.807, 2.05) is 31.3 Å². The topological polar surface area (TPSA) is 50.6 Å². The van der Waals surface area contributed by atoms with Crippen LogP contribution in [0.25, 0.3) is 0 Å². The molecule has 0 spiro atoms. The molecule has 1 aromatic heterocycles. The summed E-state index contributed by atoms with van der Waals surface area (Å²) in [4.78, 5) is 21.9. The molecule has 1 atom stereocenters. The zero-order valence-corrected chi connectivity index (χ0v) is 20.1. The molecule has 2 aromatic rings. The van der Waals surface area contributed by atoms with Crippen LogP contribution in [-0.2, 0) is 17.9 Å². The van der Waals surface area contributed by atoms with E-state index in [1.54, 1.807) is 7.11 Å². The summed E-state index contributed by atoms with van der Waals surface area (Å²) in [6, 6.07) is 6.54. The molecule has 6 heteroatoms. The summed E-state index contributed by atoms with van der Waals surface area (Å²) in [5.41, 5.74) is 2.31. The van der Waals surface area contributed by atoms with Crippen LogP contribution >= 0.6 is 0 Å². The van der Waals surface area contributed by atoms with Crippen LogP contribution in [-0.4, -0.2) is 59.0 Å². The number of amides is 1. The van der Waals surface area contributed by atoms with Crippen molar-refractivity contribution in [3.63, 3.8) is 0 Å². The number of methoxy groups -OCH3 is 1. The van der Waals surface area contributed by atoms with Crippen molar-refractivity contribution in [3.8, 4) is 5.75 Å². The molecule has 0 N–H and O–H groups in total. The lowest BCUT2D eigenvalue weighted by Crippen LogP contribution is -2.47. The highest BCUT2D eigenvalue weighted by atomic mass is 16.5. The highest BCUT2D eigenvalue weighted by Gasteiger charge is 2.44. The number of benzene rings is 1. The Morgan fingerprint density at radius 3 is 2.62 bits per heavy atom. The van der Waals surface area contributed by atoms with Gasteiger partial charge in [-0.3, -0.25) is 9.69 Å². The van der Waals surface area contributed by atoms with E-state index in [0.29, 0.717) is 11.8 Å². The molecule has 2 fully saturated rings. The number of hydrogen-bond acceptors (Lipinski definition) is 4. The third-order valence-corrected chi connectivity index (χ3v) is 7.78. The Balaban J connectivity index is 1.40. The number of imidazole rings is 1. The van der Waals surface area contributed by atoms with Crippen LogP contribution in [0.15, 0.2) is 30.6 Å². The second-order valence-corrected chi connectivity index (χ2v) is 9.90. The van der Waals surface area contributed by atoms with Gasteiger partial charge >= 0.3 is 0 Å². The molecule has 0 unspecified atom stereocenters. The van der Waals surface area contributed by atoms with Gasteiger partial charge in [0.05, 0.1) is 13.7 Å². The van der Waals surface area contributed by atoms with Crippen molar-refractivity contribution < 1.29 is 9.53 Å². The molecule has 2 aliphatic heterocycles. The molecular formula is C26H38N4O2. The number of ether oxygens (including phenoxy) is 1. The zero-order valence-electron chi connectivity index (χ0n) is 20.1. The van der Waals surface area contributed by atoms with Crippen molar-refractivity contribution in [2.75, 3.05) is 33.8 Å². The molecular weight excluding hydrogens is 400 g/mol. The number of likely N-dealkylation sites (tertiary alicyclic amines) is 2. The minimum Gasteiger partial charge on any atom is -0.496 e. The summed E-state index contributed by atoms with van der Waals surface area (Å²) in [5.74, 6) is 2.78. The van der Waals surface area contributed by atoms with Gasteiger partial charge in [0.2, 0.25) is 5.91 Å². The van der Waals surface area contributed by atoms with Gasteiger partial charge in [-0.15, -0.1) is 0 Å². The summed E-state index contributed by atoms with van der Waals surface area (Å²) in [5, 5.41) is 0. The smallest absolute Gasteiger partial charge is 0.228 e. The number of aromatic nitrogens is 2. The number of carbonyl (C=O) groups is 1. The maximum Gasteiger partial charge on any atom is 0.228 e. The van der Waals surface area contributed by atoms with Crippen LogP contribution in [0.3, 0.4) is 0 Å². The lowest BCUT2D eigenvalue weighted by molar-refractivity contribution is -0.143. The Morgan fingerprint density at radius 1 is 1.16 bits per heavy atom. The third-order valence-electron chi connectivity index (χ3n) is 7.78. The van der Waals surface area contributed by atoms with Crippen LogP contribution in [0.5, 0.6) is 5.75 Å². The second kappa shape index (κ2) is 9.65. The van der Waals surface area contributed by atoms with Crippen LogP contribution in [0.2, 0.25) is 0 Å². The third kappa shape index (κ3) is 4.70. The normalized spacial score (nSPS) is 23.4. The fraction of sp³-hybridized carbons (Fsp3) is 0.615. The predicted octanol–water partition coefficient (Wildman–Crippen LogP) is 4.11. The number of hydrogen-bond donors (Lipinski definition) is 0. The van der Waals surface area contributed by atoms with Crippen LogP contribution < -0.4 is 4.74 Å². The molecule has 0 bridgehead atoms. The molecule has 32 heavy (non-hydrogen) atoms. The van der Waals surface area contributed by atoms with Crippen LogP contribution in [0, 0.1) is 18.3 Å². The second-order valence-electron chi connectivity index (χ2n) is 9.90. The van der Waals surface area contributed by atoms with Gasteiger partial charge in [-0.2, -0.15) is 0 Å². The Labute approximate surface area is 192 Å². The maximum absolute atomic E-state index is 13.1. The highest BCUT2D eigenvalue weighted by Crippen LogP contribution is 2.42. The molecule has 3 heterocycles. The largest absolute Gasteiger partial charge is 0.496 e. The summed E-state index contributed by atoms with van der Waals surface area (Å²) in [7, 11) is 3.71. The number of nitrogens with zero attached hydrogens (tertiary/aromatic N) is 4. The average Bonchev–Trinajstić information content (AvgIpc) is 3.15. The predicted molar refractivity (Wildman–Crippen MR) is 127 cm³/mol. The minimum absolute atomic E-state index is 0.187. The average molecular weight is 439 g/mol. The Hall–Kier alpha value is -2.34. The first-order valence-corrected chi connectivity index (χ1v) is 12.0. The first-order valence-electron chi connectivity index (χ1n) is 12.0. The Kier molecular flexibility index (Phi) is 6.89. The fourth-order valence-corrected chi connectivity index (χ4v) is 5.66. The lowest BCUT2D eigenvalue weighted by Gasteiger charge is -2.42. The summed E-state index contributed by atoms with van der Waals surface area (Å²) >= 11 is 0. The summed E-state index contributed by atoms with van der Waals surface area (Å²) < 4.78 is 7.76. The van der Waals surface area contributed by atoms with E-state index in [2.05, 4.69) is 39.6 Å². The quantitative estimate of drug-likeness (QED) is 0.681. The van der Waals surface area contributed by atoms with Crippen molar-refractivity contribution in [2.24, 2.45) is 11.3 Å². The van der Waals surface area contributed by atoms with E-state index in [1.165, 1.54) is 11.1 Å². The highest BCUT2D eigenvalue weighted by molar-refractivity contribution is 5.82. The van der Waals surface area contributed by atoms with Gasteiger partial charge in [0.15, 0.2) is 0 Å². The Morgan fingerprint density at radius 2 is 1.94 bits per heavy atom. The fourth-order valence-electron chi connectivity index (χ4n) is 5.66. The maximum atomic E-state index is 13.1. The van der Waals surface area contributed by atoms with Crippen molar-refractivity contribution >= 4 is 5.91 Å². The number of carbonyl (C=O) groups excluding carboxylic acids is 1. The number of piperidine rings is 1. The molecule has 0 aliphatic carbocycles. The van der Waals surface area contributed by atoms with Crippen LogP contribution in [0.4, 0.5) is 0 Å². The van der Waals surface area contributed by atoms with E-state index in [9.17, 15) is 4.79 Å². The molecule has 6 nitrogen and oxygen atoms in total. The molecule has 0 saturated carbocycles. The van der Waals surface area contributed by atoms with Gasteiger partial charge in [-0.1, -0.05) is 19.4 Å². The molecule has 174 valence electrons. The van der Waals surface area contributed by atoms with E-state index < -0.39 is 0 Å². The molecule has 0 radical (unpaired) electrons. The van der Waals surface area contributed by atoms with Crippen LogP contribution in [0.1, 0.15) is 56.0 Å². The van der Waals surface area contributed by atoms with E-state index >= 15 is 0 Å². The first-order chi connectivity index (χ1) is 15.4.